The first-order valence-corrected chi connectivity index (χ1v) is 8.47. The minimum absolute atomic E-state index is 0.00525. The molecule has 0 aliphatic carbocycles. The molecular weight excluding hydrogens is 292 g/mol. The van der Waals surface area contributed by atoms with Crippen molar-refractivity contribution in [1.82, 2.24) is 20.4 Å². The summed E-state index contributed by atoms with van der Waals surface area (Å²) in [4.78, 5) is 12.7. The van der Waals surface area contributed by atoms with Gasteiger partial charge < -0.3 is 15.4 Å². The predicted molar refractivity (Wildman–Crippen MR) is 88.9 cm³/mol. The summed E-state index contributed by atoms with van der Waals surface area (Å²) in [6.07, 6.45) is 2.75. The van der Waals surface area contributed by atoms with Crippen LogP contribution in [0.15, 0.2) is 0 Å². The molecule has 0 unspecified atom stereocenters. The molecule has 0 spiro atoms. The topological polar surface area (TPSA) is 68.2 Å². The van der Waals surface area contributed by atoms with Crippen LogP contribution >= 0.6 is 0 Å². The first kappa shape index (κ1) is 16.3. The Morgan fingerprint density at radius 3 is 2.57 bits per heavy atom. The normalized spacial score (nSPS) is 23.0. The molecule has 0 atom stereocenters. The number of nitrogens with one attached hydrogen (secondary N) is 2. The summed E-state index contributed by atoms with van der Waals surface area (Å²) in [5, 5.41) is 11.3. The maximum atomic E-state index is 12.7. The molecule has 6 nitrogen and oxygen atoms in total. The zero-order valence-electron chi connectivity index (χ0n) is 14.8. The van der Waals surface area contributed by atoms with Crippen LogP contribution in [0, 0.1) is 6.92 Å². The molecule has 1 aromatic rings. The first-order chi connectivity index (χ1) is 10.7. The maximum Gasteiger partial charge on any atom is 0.272 e. The molecule has 23 heavy (non-hydrogen) atoms. The molecule has 2 aliphatic heterocycles. The number of hydrogen-bond donors (Lipinski definition) is 2. The second kappa shape index (κ2) is 5.51. The van der Waals surface area contributed by atoms with Crippen LogP contribution < -0.4 is 15.4 Å². The van der Waals surface area contributed by atoms with Gasteiger partial charge in [-0.1, -0.05) is 0 Å². The van der Waals surface area contributed by atoms with Gasteiger partial charge in [-0.2, -0.15) is 5.10 Å². The third kappa shape index (κ3) is 3.37. The Bertz CT molecular complexity index is 602. The number of rotatable bonds is 2. The molecule has 3 rings (SSSR count). The van der Waals surface area contributed by atoms with E-state index in [1.54, 1.807) is 0 Å². The summed E-state index contributed by atoms with van der Waals surface area (Å²) in [6.45, 7) is 12.2. The number of fused-ring (bicyclic) bond motifs is 1. The summed E-state index contributed by atoms with van der Waals surface area (Å²) in [5.41, 5.74) is 1.35. The van der Waals surface area contributed by atoms with Gasteiger partial charge in [0.2, 0.25) is 5.88 Å². The molecule has 2 aliphatic rings. The van der Waals surface area contributed by atoms with Gasteiger partial charge in [-0.15, -0.1) is 0 Å². The molecule has 3 heterocycles. The second-order valence-electron chi connectivity index (χ2n) is 8.18. The van der Waals surface area contributed by atoms with Gasteiger partial charge in [-0.3, -0.25) is 4.79 Å². The maximum absolute atomic E-state index is 12.7. The average Bonchev–Trinajstić information content (AvgIpc) is 2.73. The standard InChI is InChI=1S/C17H28N4O2/c1-11-13(19-21-7-6-8-23-15(11)21)14(22)18-12-9-16(2,3)20-17(4,5)10-12/h12,20H,6-10H2,1-5H3,(H,18,22). The fraction of sp³-hybridized carbons (Fsp3) is 0.765. The molecular formula is C17H28N4O2. The van der Waals surface area contributed by atoms with Crippen LogP contribution in [0.4, 0.5) is 0 Å². The predicted octanol–water partition coefficient (Wildman–Crippen LogP) is 2.01. The largest absolute Gasteiger partial charge is 0.478 e. The van der Waals surface area contributed by atoms with Crippen LogP contribution in [0.1, 0.15) is 63.0 Å². The molecule has 1 amide bonds. The Hall–Kier alpha value is -1.56. The van der Waals surface area contributed by atoms with Crippen molar-refractivity contribution in [2.45, 2.75) is 77.5 Å². The zero-order chi connectivity index (χ0) is 16.8. The number of piperidine rings is 1. The molecule has 6 heteroatoms. The van der Waals surface area contributed by atoms with Crippen molar-refractivity contribution in [3.8, 4) is 5.88 Å². The Morgan fingerprint density at radius 2 is 1.96 bits per heavy atom. The first-order valence-electron chi connectivity index (χ1n) is 8.47. The quantitative estimate of drug-likeness (QED) is 0.875. The third-order valence-electron chi connectivity index (χ3n) is 4.62. The lowest BCUT2D eigenvalue weighted by Crippen LogP contribution is -2.62. The van der Waals surface area contributed by atoms with Crippen LogP contribution in [0.5, 0.6) is 5.88 Å². The Labute approximate surface area is 138 Å². The number of ether oxygens (including phenoxy) is 1. The van der Waals surface area contributed by atoms with E-state index in [9.17, 15) is 4.79 Å². The van der Waals surface area contributed by atoms with Gasteiger partial charge in [0, 0.05) is 35.6 Å². The van der Waals surface area contributed by atoms with Crippen LogP contribution in [-0.4, -0.2) is 39.4 Å². The van der Waals surface area contributed by atoms with E-state index in [4.69, 9.17) is 4.74 Å². The van der Waals surface area contributed by atoms with Crippen LogP contribution in [-0.2, 0) is 6.54 Å². The SMILES string of the molecule is Cc1c(C(=O)NC2CC(C)(C)NC(C)(C)C2)nn2c1OCCC2. The van der Waals surface area contributed by atoms with Crippen molar-refractivity contribution < 1.29 is 9.53 Å². The molecule has 0 saturated carbocycles. The number of carbonyl (C=O) groups excluding carboxylic acids is 1. The fourth-order valence-electron chi connectivity index (χ4n) is 4.15. The monoisotopic (exact) mass is 320 g/mol. The lowest BCUT2D eigenvalue weighted by molar-refractivity contribution is 0.0867. The van der Waals surface area contributed by atoms with Gasteiger partial charge in [0.15, 0.2) is 5.69 Å². The summed E-state index contributed by atoms with van der Waals surface area (Å²) in [7, 11) is 0. The van der Waals surface area contributed by atoms with Crippen molar-refractivity contribution in [2.75, 3.05) is 6.61 Å². The summed E-state index contributed by atoms with van der Waals surface area (Å²) < 4.78 is 7.46. The van der Waals surface area contributed by atoms with Crippen molar-refractivity contribution in [3.05, 3.63) is 11.3 Å². The van der Waals surface area contributed by atoms with Crippen LogP contribution in [0.25, 0.3) is 0 Å². The highest BCUT2D eigenvalue weighted by molar-refractivity contribution is 5.94. The van der Waals surface area contributed by atoms with E-state index in [1.807, 2.05) is 11.6 Å². The molecule has 1 aromatic heterocycles. The van der Waals surface area contributed by atoms with E-state index >= 15 is 0 Å². The smallest absolute Gasteiger partial charge is 0.272 e. The average molecular weight is 320 g/mol. The fourth-order valence-corrected chi connectivity index (χ4v) is 4.15. The van der Waals surface area contributed by atoms with E-state index in [0.717, 1.165) is 37.3 Å². The molecule has 1 saturated heterocycles. The number of nitrogens with zero attached hydrogens (tertiary/aromatic N) is 2. The minimum atomic E-state index is -0.0912. The van der Waals surface area contributed by atoms with Gasteiger partial charge in [-0.05, 0) is 47.5 Å². The third-order valence-corrected chi connectivity index (χ3v) is 4.62. The molecule has 0 bridgehead atoms. The van der Waals surface area contributed by atoms with Crippen LogP contribution in [0.3, 0.4) is 0 Å². The van der Waals surface area contributed by atoms with Crippen molar-refractivity contribution in [3.63, 3.8) is 0 Å². The molecule has 0 aromatic carbocycles. The summed E-state index contributed by atoms with van der Waals surface area (Å²) in [5.74, 6) is 0.652. The van der Waals surface area contributed by atoms with E-state index in [-0.39, 0.29) is 23.0 Å². The van der Waals surface area contributed by atoms with Gasteiger partial charge in [0.05, 0.1) is 6.61 Å². The van der Waals surface area contributed by atoms with Crippen molar-refractivity contribution >= 4 is 5.91 Å². The number of amides is 1. The zero-order valence-corrected chi connectivity index (χ0v) is 14.8. The molecule has 2 N–H and O–H groups in total. The second-order valence-corrected chi connectivity index (χ2v) is 8.18. The van der Waals surface area contributed by atoms with Crippen molar-refractivity contribution in [1.29, 1.82) is 0 Å². The highest BCUT2D eigenvalue weighted by atomic mass is 16.5. The Balaban J connectivity index is 1.76. The Morgan fingerprint density at radius 1 is 1.30 bits per heavy atom. The Kier molecular flexibility index (Phi) is 3.91. The summed E-state index contributed by atoms with van der Waals surface area (Å²) in [6, 6.07) is 0.146. The highest BCUT2D eigenvalue weighted by Crippen LogP contribution is 2.29. The number of hydrogen-bond acceptors (Lipinski definition) is 4. The minimum Gasteiger partial charge on any atom is -0.478 e. The van der Waals surface area contributed by atoms with E-state index in [1.165, 1.54) is 0 Å². The lowest BCUT2D eigenvalue weighted by Gasteiger charge is -2.46. The highest BCUT2D eigenvalue weighted by Gasteiger charge is 2.38. The van der Waals surface area contributed by atoms with E-state index in [0.29, 0.717) is 12.3 Å². The van der Waals surface area contributed by atoms with E-state index < -0.39 is 0 Å². The summed E-state index contributed by atoms with van der Waals surface area (Å²) >= 11 is 0. The lowest BCUT2D eigenvalue weighted by atomic mass is 9.79. The van der Waals surface area contributed by atoms with Gasteiger partial charge in [0.25, 0.3) is 5.91 Å². The number of carbonyl (C=O) groups is 1. The van der Waals surface area contributed by atoms with Crippen molar-refractivity contribution in [2.24, 2.45) is 0 Å². The van der Waals surface area contributed by atoms with Crippen LogP contribution in [0.2, 0.25) is 0 Å². The van der Waals surface area contributed by atoms with Gasteiger partial charge in [-0.25, -0.2) is 4.68 Å². The van der Waals surface area contributed by atoms with Gasteiger partial charge >= 0.3 is 0 Å². The van der Waals surface area contributed by atoms with E-state index in [2.05, 4.69) is 43.4 Å². The van der Waals surface area contributed by atoms with Gasteiger partial charge in [0.1, 0.15) is 0 Å². The molecule has 1 fully saturated rings. The number of aryl methyl sites for hydroxylation is 1. The number of aromatic nitrogens is 2. The molecule has 0 radical (unpaired) electrons. The molecule has 128 valence electrons.